The molecule has 0 aliphatic heterocycles. The van der Waals surface area contributed by atoms with Crippen LogP contribution in [-0.2, 0) is 18.4 Å². The Morgan fingerprint density at radius 3 is 2.67 bits per heavy atom. The Hall–Kier alpha value is -2.05. The summed E-state index contributed by atoms with van der Waals surface area (Å²) in [6.07, 6.45) is 5.55. The highest BCUT2D eigenvalue weighted by Crippen LogP contribution is 2.34. The molecule has 24 heavy (non-hydrogen) atoms. The van der Waals surface area contributed by atoms with Crippen LogP contribution in [0.3, 0.4) is 0 Å². The van der Waals surface area contributed by atoms with Gasteiger partial charge in [0.05, 0.1) is 22.7 Å². The van der Waals surface area contributed by atoms with Crippen LogP contribution in [0.15, 0.2) is 40.2 Å². The molecule has 6 heteroatoms. The van der Waals surface area contributed by atoms with Crippen molar-refractivity contribution in [1.29, 1.82) is 0 Å². The molecule has 2 N–H and O–H groups in total. The minimum absolute atomic E-state index is 0.401. The summed E-state index contributed by atoms with van der Waals surface area (Å²) in [5, 5.41) is 7.27. The van der Waals surface area contributed by atoms with Gasteiger partial charge in [0.15, 0.2) is 5.82 Å². The lowest BCUT2D eigenvalue weighted by Crippen LogP contribution is -2.34. The van der Waals surface area contributed by atoms with Gasteiger partial charge in [-0.25, -0.2) is 4.98 Å². The van der Waals surface area contributed by atoms with Gasteiger partial charge < -0.3 is 10.3 Å². The molecule has 5 nitrogen and oxygen atoms in total. The zero-order valence-corrected chi connectivity index (χ0v) is 14.3. The fourth-order valence-electron chi connectivity index (χ4n) is 3.20. The molecule has 0 spiro atoms. The minimum atomic E-state index is -0.401. The maximum absolute atomic E-state index is 6.38. The summed E-state index contributed by atoms with van der Waals surface area (Å²) >= 11 is 1.67. The SMILES string of the molecule is NC1(c2noc(Cc3csc(Cc4ccccc4)n3)n2)CCCC1. The third-order valence-corrected chi connectivity index (χ3v) is 5.44. The smallest absolute Gasteiger partial charge is 0.232 e. The van der Waals surface area contributed by atoms with Crippen molar-refractivity contribution in [2.45, 2.75) is 44.1 Å². The number of benzene rings is 1. The van der Waals surface area contributed by atoms with Crippen molar-refractivity contribution in [3.05, 3.63) is 63.7 Å². The Kier molecular flexibility index (Phi) is 4.16. The Labute approximate surface area is 144 Å². The molecule has 0 unspecified atom stereocenters. The average molecular weight is 340 g/mol. The number of rotatable bonds is 5. The van der Waals surface area contributed by atoms with E-state index in [-0.39, 0.29) is 0 Å². The van der Waals surface area contributed by atoms with Crippen molar-refractivity contribution in [1.82, 2.24) is 15.1 Å². The molecule has 2 heterocycles. The van der Waals surface area contributed by atoms with Gasteiger partial charge in [-0.1, -0.05) is 48.3 Å². The number of thiazole rings is 1. The van der Waals surface area contributed by atoms with Crippen LogP contribution in [0.4, 0.5) is 0 Å². The van der Waals surface area contributed by atoms with E-state index in [1.54, 1.807) is 11.3 Å². The summed E-state index contributed by atoms with van der Waals surface area (Å²) in [7, 11) is 0. The highest BCUT2D eigenvalue weighted by atomic mass is 32.1. The molecule has 1 fully saturated rings. The molecule has 1 aliphatic carbocycles. The molecular weight excluding hydrogens is 320 g/mol. The number of nitrogens with zero attached hydrogens (tertiary/aromatic N) is 3. The lowest BCUT2D eigenvalue weighted by molar-refractivity contribution is 0.352. The highest BCUT2D eigenvalue weighted by Gasteiger charge is 2.35. The van der Waals surface area contributed by atoms with E-state index in [2.05, 4.69) is 44.8 Å². The lowest BCUT2D eigenvalue weighted by Gasteiger charge is -2.17. The molecule has 2 aromatic heterocycles. The van der Waals surface area contributed by atoms with E-state index in [9.17, 15) is 0 Å². The summed E-state index contributed by atoms with van der Waals surface area (Å²) in [6.45, 7) is 0. The summed E-state index contributed by atoms with van der Waals surface area (Å²) in [4.78, 5) is 9.20. The van der Waals surface area contributed by atoms with Crippen molar-refractivity contribution < 1.29 is 4.52 Å². The van der Waals surface area contributed by atoms with Crippen LogP contribution in [0.1, 0.15) is 53.7 Å². The molecule has 3 aromatic rings. The van der Waals surface area contributed by atoms with E-state index < -0.39 is 5.54 Å². The van der Waals surface area contributed by atoms with Crippen LogP contribution >= 0.6 is 11.3 Å². The molecule has 1 saturated carbocycles. The standard InChI is InChI=1S/C18H20N4OS/c19-18(8-4-5-9-18)17-21-15(23-22-17)11-14-12-24-16(20-14)10-13-6-2-1-3-7-13/h1-3,6-7,12H,4-5,8-11,19H2. The summed E-state index contributed by atoms with van der Waals surface area (Å²) in [5.41, 5.74) is 8.22. The number of hydrogen-bond donors (Lipinski definition) is 1. The van der Waals surface area contributed by atoms with Crippen LogP contribution in [-0.4, -0.2) is 15.1 Å². The maximum atomic E-state index is 6.38. The summed E-state index contributed by atoms with van der Waals surface area (Å²) < 4.78 is 5.40. The van der Waals surface area contributed by atoms with Crippen LogP contribution in [0.2, 0.25) is 0 Å². The Morgan fingerprint density at radius 2 is 1.88 bits per heavy atom. The average Bonchev–Trinajstić information content (AvgIpc) is 3.31. The van der Waals surface area contributed by atoms with Crippen LogP contribution in [0.5, 0.6) is 0 Å². The summed E-state index contributed by atoms with van der Waals surface area (Å²) in [6, 6.07) is 10.4. The van der Waals surface area contributed by atoms with Crippen molar-refractivity contribution in [2.24, 2.45) is 5.73 Å². The van der Waals surface area contributed by atoms with Crippen molar-refractivity contribution >= 4 is 11.3 Å². The van der Waals surface area contributed by atoms with Gasteiger partial charge in [0, 0.05) is 11.8 Å². The quantitative estimate of drug-likeness (QED) is 0.770. The summed E-state index contributed by atoms with van der Waals surface area (Å²) in [5.74, 6) is 1.24. The van der Waals surface area contributed by atoms with Gasteiger partial charge in [-0.15, -0.1) is 11.3 Å². The topological polar surface area (TPSA) is 77.8 Å². The largest absolute Gasteiger partial charge is 0.339 e. The Balaban J connectivity index is 1.44. The van der Waals surface area contributed by atoms with Crippen LogP contribution in [0, 0.1) is 0 Å². The van der Waals surface area contributed by atoms with E-state index in [0.29, 0.717) is 18.1 Å². The predicted molar refractivity (Wildman–Crippen MR) is 92.8 cm³/mol. The molecule has 1 aliphatic rings. The normalized spacial score (nSPS) is 16.5. The fraction of sp³-hybridized carbons (Fsp3) is 0.389. The molecule has 0 radical (unpaired) electrons. The van der Waals surface area contributed by atoms with E-state index in [1.807, 2.05) is 6.07 Å². The maximum Gasteiger partial charge on any atom is 0.232 e. The first kappa shape index (κ1) is 15.5. The Bertz CT molecular complexity index is 805. The van der Waals surface area contributed by atoms with Crippen molar-refractivity contribution in [3.63, 3.8) is 0 Å². The van der Waals surface area contributed by atoms with Crippen molar-refractivity contribution in [3.8, 4) is 0 Å². The molecule has 0 saturated heterocycles. The second-order valence-corrected chi connectivity index (χ2v) is 7.39. The number of hydrogen-bond acceptors (Lipinski definition) is 6. The van der Waals surface area contributed by atoms with Crippen LogP contribution < -0.4 is 5.73 Å². The minimum Gasteiger partial charge on any atom is -0.339 e. The number of aromatic nitrogens is 3. The zero-order chi connectivity index (χ0) is 16.4. The lowest BCUT2D eigenvalue weighted by atomic mass is 9.99. The molecule has 1 aromatic carbocycles. The highest BCUT2D eigenvalue weighted by molar-refractivity contribution is 7.09. The first-order valence-corrected chi connectivity index (χ1v) is 9.18. The van der Waals surface area contributed by atoms with Gasteiger partial charge in [0.2, 0.25) is 5.89 Å². The predicted octanol–water partition coefficient (Wildman–Crippen LogP) is 3.44. The zero-order valence-electron chi connectivity index (χ0n) is 13.4. The van der Waals surface area contributed by atoms with Gasteiger partial charge in [-0.05, 0) is 18.4 Å². The molecule has 4 rings (SSSR count). The molecule has 124 valence electrons. The molecule has 0 atom stereocenters. The third kappa shape index (κ3) is 3.25. The van der Waals surface area contributed by atoms with E-state index in [4.69, 9.17) is 10.3 Å². The Morgan fingerprint density at radius 1 is 1.08 bits per heavy atom. The van der Waals surface area contributed by atoms with Gasteiger partial charge >= 0.3 is 0 Å². The van der Waals surface area contributed by atoms with E-state index in [1.165, 1.54) is 5.56 Å². The first-order valence-electron chi connectivity index (χ1n) is 8.30. The van der Waals surface area contributed by atoms with Gasteiger partial charge in [-0.2, -0.15) is 4.98 Å². The van der Waals surface area contributed by atoms with E-state index in [0.717, 1.165) is 42.8 Å². The van der Waals surface area contributed by atoms with Gasteiger partial charge in [0.1, 0.15) is 0 Å². The molecular formula is C18H20N4OS. The van der Waals surface area contributed by atoms with Crippen molar-refractivity contribution in [2.75, 3.05) is 0 Å². The fourth-order valence-corrected chi connectivity index (χ4v) is 4.02. The van der Waals surface area contributed by atoms with Crippen LogP contribution in [0.25, 0.3) is 0 Å². The first-order chi connectivity index (χ1) is 11.7. The molecule has 0 amide bonds. The number of nitrogens with two attached hydrogens (primary N) is 1. The third-order valence-electron chi connectivity index (χ3n) is 4.54. The second kappa shape index (κ2) is 6.45. The monoisotopic (exact) mass is 340 g/mol. The van der Waals surface area contributed by atoms with Gasteiger partial charge in [0.25, 0.3) is 0 Å². The second-order valence-electron chi connectivity index (χ2n) is 6.45. The van der Waals surface area contributed by atoms with Gasteiger partial charge in [-0.3, -0.25) is 0 Å². The molecule has 0 bridgehead atoms. The van der Waals surface area contributed by atoms with E-state index >= 15 is 0 Å².